The minimum Gasteiger partial charge on any atom is -0.332 e. The fourth-order valence-corrected chi connectivity index (χ4v) is 5.98. The number of nitrogens with zero attached hydrogens (tertiary/aromatic N) is 2. The molecule has 2 amide bonds. The van der Waals surface area contributed by atoms with E-state index in [4.69, 9.17) is 0 Å². The number of Topliss-reactive ketones (excluding diaryl/α,β-unsaturated/α-hetero) is 1. The number of fused-ring (bicyclic) bond motifs is 1. The van der Waals surface area contributed by atoms with Crippen LogP contribution < -0.4 is 10.6 Å². The number of hydrogen-bond acceptors (Lipinski definition) is 6. The third-order valence-electron chi connectivity index (χ3n) is 4.93. The average molecular weight is 393 g/mol. The highest BCUT2D eigenvalue weighted by Gasteiger charge is 2.42. The zero-order chi connectivity index (χ0) is 18.7. The Labute approximate surface area is 162 Å². The molecule has 0 radical (unpaired) electrons. The lowest BCUT2D eigenvalue weighted by atomic mass is 9.98. The Bertz CT molecular complexity index is 712. The molecular formula is C18H24N4O2S2. The van der Waals surface area contributed by atoms with Crippen LogP contribution in [0.2, 0.25) is 0 Å². The summed E-state index contributed by atoms with van der Waals surface area (Å²) in [6.45, 7) is 4.10. The Kier molecular flexibility index (Phi) is 6.20. The van der Waals surface area contributed by atoms with Crippen molar-refractivity contribution in [3.8, 4) is 6.07 Å². The van der Waals surface area contributed by atoms with E-state index in [1.807, 2.05) is 17.1 Å². The normalized spacial score (nSPS) is 25.5. The molecule has 3 heterocycles. The molecule has 0 saturated carbocycles. The van der Waals surface area contributed by atoms with Gasteiger partial charge >= 0.3 is 6.03 Å². The quantitative estimate of drug-likeness (QED) is 0.523. The standard InChI is InChI=1S/C18H24N4O2S2/c1-10(2)12-8-26-17(20-12)11(7-19)14(23)5-3-4-6-15-16-13(9-25-15)21-18(24)22-16/h8,10-11,13,15-16H,3-6,9H2,1-2H3,(H2,21,22,24)/t11-,13+,15+,16+/m1/s1. The largest absolute Gasteiger partial charge is 0.332 e. The molecule has 2 N–H and O–H groups in total. The second-order valence-electron chi connectivity index (χ2n) is 7.16. The number of carbonyl (C=O) groups is 2. The summed E-state index contributed by atoms with van der Waals surface area (Å²) in [4.78, 5) is 28.3. The number of amides is 2. The number of carbonyl (C=O) groups excluding carboxylic acids is 2. The van der Waals surface area contributed by atoms with Gasteiger partial charge in [-0.15, -0.1) is 11.3 Å². The second kappa shape index (κ2) is 8.40. The van der Waals surface area contributed by atoms with Gasteiger partial charge in [0.15, 0.2) is 11.7 Å². The van der Waals surface area contributed by atoms with E-state index in [0.29, 0.717) is 22.6 Å². The van der Waals surface area contributed by atoms with Crippen LogP contribution in [0.5, 0.6) is 0 Å². The van der Waals surface area contributed by atoms with Gasteiger partial charge in [0, 0.05) is 22.8 Å². The molecule has 0 spiro atoms. The lowest BCUT2D eigenvalue weighted by Crippen LogP contribution is -2.36. The summed E-state index contributed by atoms with van der Waals surface area (Å²) in [6, 6.07) is 2.50. The van der Waals surface area contributed by atoms with E-state index in [-0.39, 0.29) is 23.9 Å². The first-order chi connectivity index (χ1) is 12.5. The molecule has 2 aliphatic heterocycles. The van der Waals surface area contributed by atoms with Gasteiger partial charge in [0.2, 0.25) is 0 Å². The van der Waals surface area contributed by atoms with Crippen LogP contribution in [0.3, 0.4) is 0 Å². The van der Waals surface area contributed by atoms with Gasteiger partial charge < -0.3 is 10.6 Å². The number of unbranched alkanes of at least 4 members (excludes halogenated alkanes) is 1. The molecule has 2 fully saturated rings. The van der Waals surface area contributed by atoms with E-state index in [9.17, 15) is 14.9 Å². The van der Waals surface area contributed by atoms with Crippen molar-refractivity contribution in [2.24, 2.45) is 0 Å². The number of nitrogens with one attached hydrogen (secondary N) is 2. The lowest BCUT2D eigenvalue weighted by molar-refractivity contribution is -0.119. The van der Waals surface area contributed by atoms with Crippen LogP contribution in [0.4, 0.5) is 4.79 Å². The molecule has 2 saturated heterocycles. The SMILES string of the molecule is CC(C)c1csc([C@H](C#N)C(=O)CCCC[C@@H]2SC[C@@H]3NC(=O)N[C@@H]32)n1. The summed E-state index contributed by atoms with van der Waals surface area (Å²) < 4.78 is 0. The van der Waals surface area contributed by atoms with Gasteiger partial charge in [-0.2, -0.15) is 17.0 Å². The van der Waals surface area contributed by atoms with Crippen LogP contribution in [0, 0.1) is 11.3 Å². The molecule has 0 unspecified atom stereocenters. The first kappa shape index (κ1) is 19.2. The van der Waals surface area contributed by atoms with Crippen molar-refractivity contribution in [3.63, 3.8) is 0 Å². The van der Waals surface area contributed by atoms with Gasteiger partial charge in [-0.25, -0.2) is 9.78 Å². The predicted molar refractivity (Wildman–Crippen MR) is 104 cm³/mol. The Balaban J connectivity index is 1.44. The maximum Gasteiger partial charge on any atom is 0.315 e. The van der Waals surface area contributed by atoms with Crippen LogP contribution in [-0.2, 0) is 4.79 Å². The lowest BCUT2D eigenvalue weighted by Gasteiger charge is -2.16. The number of thiazole rings is 1. The molecule has 1 aromatic rings. The fraction of sp³-hybridized carbons (Fsp3) is 0.667. The third-order valence-corrected chi connectivity index (χ3v) is 7.37. The first-order valence-corrected chi connectivity index (χ1v) is 11.0. The molecule has 1 aromatic heterocycles. The van der Waals surface area contributed by atoms with Crippen LogP contribution in [-0.4, -0.2) is 39.9 Å². The van der Waals surface area contributed by atoms with Crippen molar-refractivity contribution in [1.29, 1.82) is 5.26 Å². The predicted octanol–water partition coefficient (Wildman–Crippen LogP) is 3.17. The Hall–Kier alpha value is -1.59. The third kappa shape index (κ3) is 4.21. The van der Waals surface area contributed by atoms with E-state index in [1.165, 1.54) is 11.3 Å². The Morgan fingerprint density at radius 2 is 2.23 bits per heavy atom. The van der Waals surface area contributed by atoms with E-state index in [2.05, 4.69) is 35.5 Å². The van der Waals surface area contributed by atoms with Crippen LogP contribution in [0.1, 0.15) is 62.1 Å². The summed E-state index contributed by atoms with van der Waals surface area (Å²) in [5, 5.41) is 18.3. The maximum atomic E-state index is 12.4. The number of thioether (sulfide) groups is 1. The Morgan fingerprint density at radius 3 is 2.92 bits per heavy atom. The van der Waals surface area contributed by atoms with E-state index >= 15 is 0 Å². The molecule has 2 aliphatic rings. The summed E-state index contributed by atoms with van der Waals surface area (Å²) in [5.41, 5.74) is 0.943. The van der Waals surface area contributed by atoms with Gasteiger partial charge in [0.25, 0.3) is 0 Å². The smallest absolute Gasteiger partial charge is 0.315 e. The molecule has 8 heteroatoms. The molecule has 3 rings (SSSR count). The number of nitriles is 1. The number of urea groups is 1. The van der Waals surface area contributed by atoms with E-state index in [0.717, 1.165) is 30.7 Å². The van der Waals surface area contributed by atoms with Crippen molar-refractivity contribution in [2.75, 3.05) is 5.75 Å². The van der Waals surface area contributed by atoms with Gasteiger partial charge in [-0.1, -0.05) is 20.3 Å². The molecule has 140 valence electrons. The van der Waals surface area contributed by atoms with Crippen molar-refractivity contribution in [3.05, 3.63) is 16.1 Å². The highest BCUT2D eigenvalue weighted by atomic mass is 32.2. The molecular weight excluding hydrogens is 368 g/mol. The number of ketones is 1. The molecule has 0 bridgehead atoms. The van der Waals surface area contributed by atoms with Crippen molar-refractivity contribution in [1.82, 2.24) is 15.6 Å². The summed E-state index contributed by atoms with van der Waals surface area (Å²) >= 11 is 3.29. The fourth-order valence-electron chi connectivity index (χ4n) is 3.40. The van der Waals surface area contributed by atoms with E-state index in [1.54, 1.807) is 0 Å². The monoisotopic (exact) mass is 392 g/mol. The molecule has 6 nitrogen and oxygen atoms in total. The highest BCUT2D eigenvalue weighted by molar-refractivity contribution is 8.00. The van der Waals surface area contributed by atoms with Gasteiger partial charge in [0.05, 0.1) is 23.8 Å². The number of rotatable bonds is 8. The Morgan fingerprint density at radius 1 is 1.42 bits per heavy atom. The van der Waals surface area contributed by atoms with Crippen LogP contribution in [0.25, 0.3) is 0 Å². The van der Waals surface area contributed by atoms with Crippen molar-refractivity contribution >= 4 is 34.9 Å². The van der Waals surface area contributed by atoms with Gasteiger partial charge in [-0.3, -0.25) is 4.79 Å². The van der Waals surface area contributed by atoms with Crippen LogP contribution in [0.15, 0.2) is 5.38 Å². The molecule has 0 aliphatic carbocycles. The summed E-state index contributed by atoms with van der Waals surface area (Å²) in [7, 11) is 0. The second-order valence-corrected chi connectivity index (χ2v) is 9.32. The molecule has 0 aromatic carbocycles. The number of hydrogen-bond donors (Lipinski definition) is 2. The highest BCUT2D eigenvalue weighted by Crippen LogP contribution is 2.33. The first-order valence-electron chi connectivity index (χ1n) is 9.06. The zero-order valence-corrected chi connectivity index (χ0v) is 16.7. The minimum absolute atomic E-state index is 0.0371. The topological polar surface area (TPSA) is 94.9 Å². The molecule has 4 atom stereocenters. The maximum absolute atomic E-state index is 12.4. The van der Waals surface area contributed by atoms with Crippen molar-refractivity contribution < 1.29 is 9.59 Å². The van der Waals surface area contributed by atoms with E-state index < -0.39 is 5.92 Å². The van der Waals surface area contributed by atoms with Crippen LogP contribution >= 0.6 is 23.1 Å². The minimum atomic E-state index is -0.740. The van der Waals surface area contributed by atoms with Gasteiger partial charge in [-0.05, 0) is 18.8 Å². The number of aromatic nitrogens is 1. The average Bonchev–Trinajstić information content (AvgIpc) is 3.29. The van der Waals surface area contributed by atoms with Gasteiger partial charge in [0.1, 0.15) is 5.01 Å². The van der Waals surface area contributed by atoms with Crippen molar-refractivity contribution in [2.45, 2.75) is 68.7 Å². The zero-order valence-electron chi connectivity index (χ0n) is 15.0. The molecule has 26 heavy (non-hydrogen) atoms. The summed E-state index contributed by atoms with van der Waals surface area (Å²) in [5.74, 6) is 0.472. The summed E-state index contributed by atoms with van der Waals surface area (Å²) in [6.07, 6.45) is 3.09.